The van der Waals surface area contributed by atoms with Gasteiger partial charge in [-0.2, -0.15) is 4.98 Å². The number of hydrogen-bond acceptors (Lipinski definition) is 5. The topological polar surface area (TPSA) is 53.1 Å². The number of aromatic nitrogens is 2. The first-order valence-electron chi connectivity index (χ1n) is 14.6. The van der Waals surface area contributed by atoms with Gasteiger partial charge < -0.3 is 15.5 Å². The summed E-state index contributed by atoms with van der Waals surface area (Å²) in [6.07, 6.45) is 15.5. The van der Waals surface area contributed by atoms with Crippen molar-refractivity contribution >= 4 is 22.7 Å². The summed E-state index contributed by atoms with van der Waals surface area (Å²) in [6.45, 7) is 3.24. The zero-order valence-corrected chi connectivity index (χ0v) is 23.3. The van der Waals surface area contributed by atoms with Gasteiger partial charge in [-0.25, -0.2) is 4.98 Å². The van der Waals surface area contributed by atoms with Crippen molar-refractivity contribution in [3.63, 3.8) is 0 Å². The molecule has 0 unspecified atom stereocenters. The first-order valence-corrected chi connectivity index (χ1v) is 14.6. The normalized spacial score (nSPS) is 17.7. The Bertz CT molecular complexity index is 1070. The van der Waals surface area contributed by atoms with Gasteiger partial charge in [-0.15, -0.1) is 0 Å². The molecule has 1 heterocycles. The summed E-state index contributed by atoms with van der Waals surface area (Å²) >= 11 is 0. The second-order valence-electron chi connectivity index (χ2n) is 11.0. The number of unbranched alkanes of at least 4 members (excludes halogenated alkanes) is 6. The molecule has 0 aliphatic heterocycles. The largest absolute Gasteiger partial charge is 0.362 e. The molecule has 1 aliphatic carbocycles. The molecule has 5 nitrogen and oxygen atoms in total. The number of aryl methyl sites for hydroxylation is 1. The SMILES string of the molecule is CCCCCCCCCc1ccc(CNC2CCC(Nc3nc(N(C)C)c4ccccc4n3)CC2)cc1. The van der Waals surface area contributed by atoms with Crippen LogP contribution in [-0.2, 0) is 13.0 Å². The van der Waals surface area contributed by atoms with Gasteiger partial charge in [-0.05, 0) is 61.8 Å². The van der Waals surface area contributed by atoms with Crippen LogP contribution in [-0.4, -0.2) is 36.1 Å². The molecule has 200 valence electrons. The fourth-order valence-electron chi connectivity index (χ4n) is 5.46. The highest BCUT2D eigenvalue weighted by Gasteiger charge is 2.22. The van der Waals surface area contributed by atoms with Crippen molar-refractivity contribution in [3.8, 4) is 0 Å². The Morgan fingerprint density at radius 1 is 0.757 bits per heavy atom. The maximum atomic E-state index is 4.82. The van der Waals surface area contributed by atoms with E-state index in [-0.39, 0.29) is 0 Å². The van der Waals surface area contributed by atoms with Gasteiger partial charge >= 0.3 is 0 Å². The van der Waals surface area contributed by atoms with Gasteiger partial charge in [0.05, 0.1) is 5.52 Å². The molecule has 3 aromatic rings. The summed E-state index contributed by atoms with van der Waals surface area (Å²) in [5.41, 5.74) is 3.87. The average molecular weight is 502 g/mol. The van der Waals surface area contributed by atoms with Crippen molar-refractivity contribution in [1.29, 1.82) is 0 Å². The standard InChI is InChI=1S/C32H47N5/c1-4-5-6-7-8-9-10-13-25-16-18-26(19-17-25)24-33-27-20-22-28(23-21-27)34-32-35-30-15-12-11-14-29(30)31(36-32)37(2)3/h11-12,14-19,27-28,33H,4-10,13,20-24H2,1-3H3,(H,34,35,36). The Labute approximate surface area is 224 Å². The zero-order chi connectivity index (χ0) is 25.9. The fraction of sp³-hybridized carbons (Fsp3) is 0.562. The molecule has 1 saturated carbocycles. The number of benzene rings is 2. The van der Waals surface area contributed by atoms with Crippen LogP contribution in [0.5, 0.6) is 0 Å². The summed E-state index contributed by atoms with van der Waals surface area (Å²) in [6, 6.07) is 18.6. The summed E-state index contributed by atoms with van der Waals surface area (Å²) in [7, 11) is 4.08. The Morgan fingerprint density at radius 2 is 1.41 bits per heavy atom. The van der Waals surface area contributed by atoms with Crippen LogP contribution in [0.15, 0.2) is 48.5 Å². The quantitative estimate of drug-likeness (QED) is 0.224. The Kier molecular flexibility index (Phi) is 10.6. The van der Waals surface area contributed by atoms with Crippen molar-refractivity contribution in [2.24, 2.45) is 0 Å². The van der Waals surface area contributed by atoms with Crippen LogP contribution in [0.25, 0.3) is 10.9 Å². The molecular formula is C32H47N5. The third-order valence-corrected chi connectivity index (χ3v) is 7.75. The molecule has 2 N–H and O–H groups in total. The molecule has 0 amide bonds. The van der Waals surface area contributed by atoms with Gasteiger partial charge in [0, 0.05) is 38.1 Å². The summed E-state index contributed by atoms with van der Waals surface area (Å²) < 4.78 is 0. The number of fused-ring (bicyclic) bond motifs is 1. The molecule has 0 atom stereocenters. The van der Waals surface area contributed by atoms with Gasteiger partial charge in [-0.1, -0.05) is 81.8 Å². The highest BCUT2D eigenvalue weighted by Crippen LogP contribution is 2.26. The Morgan fingerprint density at radius 3 is 2.14 bits per heavy atom. The van der Waals surface area contributed by atoms with Gasteiger partial charge in [0.25, 0.3) is 0 Å². The first-order chi connectivity index (χ1) is 18.1. The van der Waals surface area contributed by atoms with Gasteiger partial charge in [0.2, 0.25) is 5.95 Å². The van der Waals surface area contributed by atoms with E-state index in [9.17, 15) is 0 Å². The second-order valence-corrected chi connectivity index (χ2v) is 11.0. The molecule has 1 fully saturated rings. The monoisotopic (exact) mass is 501 g/mol. The molecule has 1 aromatic heterocycles. The minimum absolute atomic E-state index is 0.431. The lowest BCUT2D eigenvalue weighted by molar-refractivity contribution is 0.352. The molecule has 0 bridgehead atoms. The minimum atomic E-state index is 0.431. The number of anilines is 2. The lowest BCUT2D eigenvalue weighted by atomic mass is 9.91. The van der Waals surface area contributed by atoms with E-state index in [2.05, 4.69) is 58.9 Å². The highest BCUT2D eigenvalue weighted by molar-refractivity contribution is 5.90. The number of nitrogens with one attached hydrogen (secondary N) is 2. The average Bonchev–Trinajstić information content (AvgIpc) is 2.92. The number of para-hydroxylation sites is 1. The van der Waals surface area contributed by atoms with Crippen molar-refractivity contribution in [3.05, 3.63) is 59.7 Å². The van der Waals surface area contributed by atoms with Crippen molar-refractivity contribution in [2.75, 3.05) is 24.3 Å². The third kappa shape index (κ3) is 8.43. The van der Waals surface area contributed by atoms with Crippen LogP contribution in [0, 0.1) is 0 Å². The molecule has 5 heteroatoms. The van der Waals surface area contributed by atoms with Crippen LogP contribution in [0.1, 0.15) is 88.7 Å². The molecular weight excluding hydrogens is 454 g/mol. The van der Waals surface area contributed by atoms with E-state index in [4.69, 9.17) is 9.97 Å². The predicted octanol–water partition coefficient (Wildman–Crippen LogP) is 7.50. The maximum Gasteiger partial charge on any atom is 0.225 e. The van der Waals surface area contributed by atoms with E-state index in [1.54, 1.807) is 0 Å². The minimum Gasteiger partial charge on any atom is -0.362 e. The van der Waals surface area contributed by atoms with E-state index in [0.717, 1.165) is 42.1 Å². The van der Waals surface area contributed by atoms with Crippen molar-refractivity contribution < 1.29 is 0 Å². The van der Waals surface area contributed by atoms with Crippen LogP contribution in [0.3, 0.4) is 0 Å². The van der Waals surface area contributed by atoms with Crippen molar-refractivity contribution in [2.45, 2.75) is 103 Å². The van der Waals surface area contributed by atoms with Crippen LogP contribution < -0.4 is 15.5 Å². The van der Waals surface area contributed by atoms with Crippen LogP contribution in [0.4, 0.5) is 11.8 Å². The van der Waals surface area contributed by atoms with E-state index >= 15 is 0 Å². The maximum absolute atomic E-state index is 4.82. The lowest BCUT2D eigenvalue weighted by Crippen LogP contribution is -2.37. The van der Waals surface area contributed by atoms with E-state index in [1.165, 1.54) is 75.3 Å². The van der Waals surface area contributed by atoms with E-state index in [0.29, 0.717) is 12.1 Å². The Balaban J connectivity index is 1.17. The molecule has 4 rings (SSSR count). The van der Waals surface area contributed by atoms with Gasteiger partial charge in [0.15, 0.2) is 0 Å². The highest BCUT2D eigenvalue weighted by atomic mass is 15.2. The van der Waals surface area contributed by atoms with Crippen LogP contribution >= 0.6 is 0 Å². The smallest absolute Gasteiger partial charge is 0.225 e. The molecule has 37 heavy (non-hydrogen) atoms. The van der Waals surface area contributed by atoms with Gasteiger partial charge in [0.1, 0.15) is 5.82 Å². The lowest BCUT2D eigenvalue weighted by Gasteiger charge is -2.30. The summed E-state index contributed by atoms with van der Waals surface area (Å²) in [5.74, 6) is 1.72. The summed E-state index contributed by atoms with van der Waals surface area (Å²) in [5, 5.41) is 8.52. The molecule has 1 aliphatic rings. The third-order valence-electron chi connectivity index (χ3n) is 7.75. The fourth-order valence-corrected chi connectivity index (χ4v) is 5.46. The van der Waals surface area contributed by atoms with E-state index in [1.807, 2.05) is 26.2 Å². The molecule has 0 spiro atoms. The van der Waals surface area contributed by atoms with Crippen molar-refractivity contribution in [1.82, 2.24) is 15.3 Å². The number of hydrogen-bond donors (Lipinski definition) is 2. The molecule has 0 radical (unpaired) electrons. The summed E-state index contributed by atoms with van der Waals surface area (Å²) in [4.78, 5) is 11.7. The number of rotatable bonds is 14. The van der Waals surface area contributed by atoms with Crippen LogP contribution in [0.2, 0.25) is 0 Å². The predicted molar refractivity (Wildman–Crippen MR) is 159 cm³/mol. The first kappa shape index (κ1) is 27.4. The second kappa shape index (κ2) is 14.3. The van der Waals surface area contributed by atoms with E-state index < -0.39 is 0 Å². The molecule has 2 aromatic carbocycles. The molecule has 0 saturated heterocycles. The zero-order valence-electron chi connectivity index (χ0n) is 23.3. The Hall–Kier alpha value is -2.66. The van der Waals surface area contributed by atoms with Gasteiger partial charge in [-0.3, -0.25) is 0 Å². The number of nitrogens with zero attached hydrogens (tertiary/aromatic N) is 3.